The van der Waals surface area contributed by atoms with Gasteiger partial charge in [0, 0.05) is 17.4 Å². The van der Waals surface area contributed by atoms with Crippen molar-refractivity contribution in [2.45, 2.75) is 89.9 Å². The summed E-state index contributed by atoms with van der Waals surface area (Å²) in [4.78, 5) is 28.7. The zero-order valence-electron chi connectivity index (χ0n) is 21.1. The molecule has 4 atom stereocenters. The number of aliphatic hydroxyl groups excluding tert-OH is 2. The van der Waals surface area contributed by atoms with Crippen molar-refractivity contribution in [1.82, 2.24) is 15.6 Å². The van der Waals surface area contributed by atoms with Crippen LogP contribution in [0.4, 0.5) is 4.39 Å². The first kappa shape index (κ1) is 27.1. The molecule has 1 aromatic heterocycles. The minimum Gasteiger partial charge on any atom is -0.390 e. The molecule has 35 heavy (non-hydrogen) atoms. The van der Waals surface area contributed by atoms with Crippen LogP contribution >= 0.6 is 0 Å². The maximum absolute atomic E-state index is 13.4. The highest BCUT2D eigenvalue weighted by Crippen LogP contribution is 2.33. The lowest BCUT2D eigenvalue weighted by atomic mass is 9.76. The van der Waals surface area contributed by atoms with E-state index in [0.29, 0.717) is 35.4 Å². The smallest absolute Gasteiger partial charge is 0.267 e. The number of amides is 2. The maximum atomic E-state index is 13.4. The largest absolute Gasteiger partial charge is 0.390 e. The van der Waals surface area contributed by atoms with Crippen LogP contribution in [0.3, 0.4) is 0 Å². The third-order valence-electron chi connectivity index (χ3n) is 7.29. The van der Waals surface area contributed by atoms with Crippen LogP contribution in [0.15, 0.2) is 24.3 Å². The number of aromatic amines is 1. The van der Waals surface area contributed by atoms with E-state index in [-0.39, 0.29) is 24.2 Å². The molecule has 3 rings (SSSR count). The maximum Gasteiger partial charge on any atom is 0.267 e. The number of benzene rings is 1. The van der Waals surface area contributed by atoms with E-state index in [9.17, 15) is 24.2 Å². The second-order valence-electron chi connectivity index (χ2n) is 10.4. The van der Waals surface area contributed by atoms with Crippen molar-refractivity contribution in [3.05, 3.63) is 35.8 Å². The molecule has 0 bridgehead atoms. The average molecular weight is 490 g/mol. The molecule has 1 aliphatic rings. The Kier molecular flexibility index (Phi) is 9.30. The highest BCUT2D eigenvalue weighted by Gasteiger charge is 2.41. The zero-order chi connectivity index (χ0) is 25.6. The Morgan fingerprint density at radius 2 is 1.91 bits per heavy atom. The lowest BCUT2D eigenvalue weighted by molar-refractivity contribution is -0.130. The SMILES string of the molecule is CCC[C@H](O)[C@H](O)[C@@](C)(CC1CCCCC1)NC(=O)[C@@H](C)CNC(=O)c1cc2cc(F)ccc2[nH]1. The number of rotatable bonds is 11. The standard InChI is InChI=1S/C27H40FN3O4/c1-4-8-23(32)24(33)27(3,15-18-9-6-5-7-10-18)31-25(34)17(2)16-29-26(35)22-14-19-13-20(28)11-12-21(19)30-22/h11-14,17-18,23-24,30,32-33H,4-10,15-16H2,1-3H3,(H,29,35)(H,31,34)/t17-,23-,24-,27+/m0/s1. The Labute approximate surface area is 206 Å². The second kappa shape index (κ2) is 12.0. The number of H-pyrrole nitrogens is 1. The van der Waals surface area contributed by atoms with Crippen molar-refractivity contribution in [2.75, 3.05) is 6.54 Å². The summed E-state index contributed by atoms with van der Waals surface area (Å²) in [6.45, 7) is 5.58. The molecule has 0 aliphatic heterocycles. The first-order valence-corrected chi connectivity index (χ1v) is 12.9. The number of carbonyl (C=O) groups excluding carboxylic acids is 2. The van der Waals surface area contributed by atoms with Gasteiger partial charge in [0.15, 0.2) is 0 Å². The minimum absolute atomic E-state index is 0.0987. The molecule has 1 heterocycles. The number of carbonyl (C=O) groups is 2. The van der Waals surface area contributed by atoms with Crippen molar-refractivity contribution in [2.24, 2.45) is 11.8 Å². The number of hydrogen-bond acceptors (Lipinski definition) is 4. The molecule has 0 radical (unpaired) electrons. The molecular weight excluding hydrogens is 449 g/mol. The Morgan fingerprint density at radius 3 is 2.60 bits per heavy atom. The van der Waals surface area contributed by atoms with Gasteiger partial charge in [0.1, 0.15) is 17.6 Å². The van der Waals surface area contributed by atoms with Gasteiger partial charge in [-0.05, 0) is 49.9 Å². The highest BCUT2D eigenvalue weighted by atomic mass is 19.1. The quantitative estimate of drug-likeness (QED) is 0.328. The van der Waals surface area contributed by atoms with Crippen molar-refractivity contribution in [1.29, 1.82) is 0 Å². The van der Waals surface area contributed by atoms with Crippen molar-refractivity contribution in [3.8, 4) is 0 Å². The number of fused-ring (bicyclic) bond motifs is 1. The summed E-state index contributed by atoms with van der Waals surface area (Å²) in [6, 6.07) is 5.82. The number of nitrogens with one attached hydrogen (secondary N) is 3. The number of aliphatic hydroxyl groups is 2. The van der Waals surface area contributed by atoms with Gasteiger partial charge in [-0.1, -0.05) is 52.4 Å². The van der Waals surface area contributed by atoms with Gasteiger partial charge in [0.05, 0.1) is 17.6 Å². The summed E-state index contributed by atoms with van der Waals surface area (Å²) < 4.78 is 13.4. The van der Waals surface area contributed by atoms with E-state index in [1.165, 1.54) is 18.6 Å². The van der Waals surface area contributed by atoms with Crippen LogP contribution in [-0.4, -0.2) is 51.3 Å². The van der Waals surface area contributed by atoms with Crippen molar-refractivity contribution in [3.63, 3.8) is 0 Å². The summed E-state index contributed by atoms with van der Waals surface area (Å²) in [5, 5.41) is 27.9. The minimum atomic E-state index is -1.08. The van der Waals surface area contributed by atoms with Gasteiger partial charge in [-0.15, -0.1) is 0 Å². The fraction of sp³-hybridized carbons (Fsp3) is 0.630. The third-order valence-corrected chi connectivity index (χ3v) is 7.29. The molecule has 2 amide bonds. The topological polar surface area (TPSA) is 114 Å². The van der Waals surface area contributed by atoms with Gasteiger partial charge in [-0.2, -0.15) is 0 Å². The monoisotopic (exact) mass is 489 g/mol. The molecule has 0 saturated heterocycles. The number of halogens is 1. The molecule has 8 heteroatoms. The van der Waals surface area contributed by atoms with E-state index in [4.69, 9.17) is 0 Å². The van der Waals surface area contributed by atoms with Gasteiger partial charge < -0.3 is 25.8 Å². The first-order valence-electron chi connectivity index (χ1n) is 12.9. The van der Waals surface area contributed by atoms with E-state index in [0.717, 1.165) is 32.1 Å². The van der Waals surface area contributed by atoms with Crippen LogP contribution in [0.25, 0.3) is 10.9 Å². The number of aromatic nitrogens is 1. The molecule has 1 fully saturated rings. The summed E-state index contributed by atoms with van der Waals surface area (Å²) in [5.41, 5.74) is -0.0217. The van der Waals surface area contributed by atoms with Gasteiger partial charge in [-0.3, -0.25) is 9.59 Å². The van der Waals surface area contributed by atoms with Gasteiger partial charge in [0.2, 0.25) is 5.91 Å². The fourth-order valence-electron chi connectivity index (χ4n) is 5.18. The molecule has 194 valence electrons. The van der Waals surface area contributed by atoms with E-state index in [1.54, 1.807) is 19.1 Å². The van der Waals surface area contributed by atoms with Crippen molar-refractivity contribution < 1.29 is 24.2 Å². The summed E-state index contributed by atoms with van der Waals surface area (Å²) in [5.74, 6) is -1.22. The predicted octanol–water partition coefficient (Wildman–Crippen LogP) is 4.04. The summed E-state index contributed by atoms with van der Waals surface area (Å²) in [7, 11) is 0. The second-order valence-corrected chi connectivity index (χ2v) is 10.4. The molecule has 5 N–H and O–H groups in total. The highest BCUT2D eigenvalue weighted by molar-refractivity contribution is 5.98. The summed E-state index contributed by atoms with van der Waals surface area (Å²) in [6.07, 6.45) is 5.40. The van der Waals surface area contributed by atoms with Gasteiger partial charge in [-0.25, -0.2) is 4.39 Å². The van der Waals surface area contributed by atoms with E-state index < -0.39 is 23.7 Å². The Balaban J connectivity index is 1.63. The molecule has 1 saturated carbocycles. The molecule has 0 spiro atoms. The Bertz CT molecular complexity index is 1000. The van der Waals surface area contributed by atoms with E-state index in [2.05, 4.69) is 15.6 Å². The molecular formula is C27H40FN3O4. The van der Waals surface area contributed by atoms with Crippen molar-refractivity contribution >= 4 is 22.7 Å². The molecule has 1 aromatic carbocycles. The summed E-state index contributed by atoms with van der Waals surface area (Å²) >= 11 is 0. The van der Waals surface area contributed by atoms with Crippen LogP contribution < -0.4 is 10.6 Å². The van der Waals surface area contributed by atoms with Gasteiger partial charge in [0.25, 0.3) is 5.91 Å². The third kappa shape index (κ3) is 7.04. The molecule has 1 aliphatic carbocycles. The zero-order valence-corrected chi connectivity index (χ0v) is 21.1. The van der Waals surface area contributed by atoms with Crippen LogP contribution in [0.5, 0.6) is 0 Å². The van der Waals surface area contributed by atoms with Crippen LogP contribution in [0.2, 0.25) is 0 Å². The molecule has 0 unspecified atom stereocenters. The Morgan fingerprint density at radius 1 is 1.20 bits per heavy atom. The fourth-order valence-corrected chi connectivity index (χ4v) is 5.18. The molecule has 7 nitrogen and oxygen atoms in total. The first-order chi connectivity index (χ1) is 16.6. The van der Waals surface area contributed by atoms with E-state index >= 15 is 0 Å². The van der Waals surface area contributed by atoms with Crippen LogP contribution in [-0.2, 0) is 4.79 Å². The van der Waals surface area contributed by atoms with E-state index in [1.807, 2.05) is 13.8 Å². The average Bonchev–Trinajstić information content (AvgIpc) is 3.25. The molecule has 2 aromatic rings. The normalized spacial score (nSPS) is 19.0. The Hall–Kier alpha value is -2.45. The lowest BCUT2D eigenvalue weighted by Crippen LogP contribution is -2.60. The predicted molar refractivity (Wildman–Crippen MR) is 134 cm³/mol. The van der Waals surface area contributed by atoms with Gasteiger partial charge >= 0.3 is 0 Å². The van der Waals surface area contributed by atoms with Crippen LogP contribution in [0.1, 0.15) is 82.6 Å². The lowest BCUT2D eigenvalue weighted by Gasteiger charge is -2.41. The van der Waals surface area contributed by atoms with Crippen LogP contribution in [0, 0.1) is 17.7 Å². The number of hydrogen-bond donors (Lipinski definition) is 5.